The van der Waals surface area contributed by atoms with Gasteiger partial charge in [-0.15, -0.1) is 0 Å². The Morgan fingerprint density at radius 2 is 1.57 bits per heavy atom. The molecule has 2 aliphatic heterocycles. The average Bonchev–Trinajstić information content (AvgIpc) is 3.70. The summed E-state index contributed by atoms with van der Waals surface area (Å²) in [6.45, 7) is 15.7. The van der Waals surface area contributed by atoms with E-state index < -0.39 is 8.32 Å². The Morgan fingerprint density at radius 1 is 0.850 bits per heavy atom. The van der Waals surface area contributed by atoms with Crippen LogP contribution in [0.15, 0.2) is 42.5 Å². The topological polar surface area (TPSA) is 50.7 Å². The Morgan fingerprint density at radius 3 is 2.27 bits per heavy atom. The van der Waals surface area contributed by atoms with Crippen LogP contribution in [0.3, 0.4) is 0 Å². The van der Waals surface area contributed by atoms with Crippen LogP contribution in [0.5, 0.6) is 5.75 Å². The highest BCUT2D eigenvalue weighted by atomic mass is 28.4. The molecule has 1 saturated carbocycles. The largest absolute Gasteiger partial charge is 0.496 e. The number of piperidine rings is 1. The van der Waals surface area contributed by atoms with E-state index in [2.05, 4.69) is 86.1 Å². The fourth-order valence-electron chi connectivity index (χ4n) is 6.14. The predicted molar refractivity (Wildman–Crippen MR) is 168 cm³/mol. The molecule has 0 spiro atoms. The molecule has 7 heteroatoms. The molecule has 3 heterocycles. The van der Waals surface area contributed by atoms with Crippen LogP contribution >= 0.6 is 0 Å². The molecule has 1 aromatic heterocycles. The van der Waals surface area contributed by atoms with Gasteiger partial charge in [-0.3, -0.25) is 0 Å². The molecule has 1 unspecified atom stereocenters. The van der Waals surface area contributed by atoms with E-state index in [1.165, 1.54) is 29.5 Å². The molecule has 3 aliphatic rings. The number of rotatable bonds is 7. The fraction of sp³-hybridized carbons (Fsp3) is 0.576. The summed E-state index contributed by atoms with van der Waals surface area (Å²) in [4.78, 5) is 15.3. The van der Waals surface area contributed by atoms with Gasteiger partial charge >= 0.3 is 0 Å². The van der Waals surface area contributed by atoms with Crippen LogP contribution in [0.25, 0.3) is 10.9 Å². The zero-order valence-corrected chi connectivity index (χ0v) is 26.2. The third kappa shape index (κ3) is 5.47. The molecule has 3 fully saturated rings. The number of hydrogen-bond donors (Lipinski definition) is 0. The summed E-state index contributed by atoms with van der Waals surface area (Å²) in [6, 6.07) is 15.3. The fourth-order valence-corrected chi connectivity index (χ4v) is 7.52. The van der Waals surface area contributed by atoms with Crippen LogP contribution in [0.4, 0.5) is 11.5 Å². The Kier molecular flexibility index (Phi) is 7.32. The van der Waals surface area contributed by atoms with Gasteiger partial charge in [0.25, 0.3) is 0 Å². The van der Waals surface area contributed by atoms with E-state index in [0.717, 1.165) is 68.3 Å². The molecular weight excluding hydrogens is 512 g/mol. The van der Waals surface area contributed by atoms with Gasteiger partial charge in [0.1, 0.15) is 17.4 Å². The second-order valence-electron chi connectivity index (χ2n) is 13.6. The Bertz CT molecular complexity index is 1360. The third-order valence-electron chi connectivity index (χ3n) is 9.77. The quantitative estimate of drug-likeness (QED) is 0.280. The van der Waals surface area contributed by atoms with E-state index in [9.17, 15) is 0 Å². The lowest BCUT2D eigenvalue weighted by Gasteiger charge is -2.38. The summed E-state index contributed by atoms with van der Waals surface area (Å²) in [5, 5.41) is 1.42. The van der Waals surface area contributed by atoms with Crippen molar-refractivity contribution < 1.29 is 9.16 Å². The minimum Gasteiger partial charge on any atom is -0.496 e. The lowest BCUT2D eigenvalue weighted by molar-refractivity contribution is 0.202. The highest BCUT2D eigenvalue weighted by molar-refractivity contribution is 6.74. The number of para-hydroxylation sites is 1. The minimum atomic E-state index is -1.78. The maximum atomic E-state index is 6.79. The van der Waals surface area contributed by atoms with E-state index in [1.54, 1.807) is 7.11 Å². The molecule has 0 radical (unpaired) electrons. The molecule has 214 valence electrons. The minimum absolute atomic E-state index is 0.230. The van der Waals surface area contributed by atoms with Gasteiger partial charge in [-0.25, -0.2) is 9.97 Å². The molecule has 0 N–H and O–H groups in total. The van der Waals surface area contributed by atoms with Gasteiger partial charge in [0.05, 0.1) is 18.7 Å². The van der Waals surface area contributed by atoms with Gasteiger partial charge in [-0.05, 0) is 86.0 Å². The normalized spacial score (nSPS) is 20.9. The lowest BCUT2D eigenvalue weighted by Crippen LogP contribution is -2.44. The van der Waals surface area contributed by atoms with Crippen LogP contribution in [0, 0.1) is 0 Å². The van der Waals surface area contributed by atoms with Gasteiger partial charge in [0.2, 0.25) is 0 Å². The molecule has 1 aliphatic carbocycles. The molecular formula is C33H46N4O2Si. The van der Waals surface area contributed by atoms with E-state index in [1.807, 2.05) is 0 Å². The van der Waals surface area contributed by atoms with Gasteiger partial charge < -0.3 is 19.0 Å². The van der Waals surface area contributed by atoms with Gasteiger partial charge in [0, 0.05) is 43.2 Å². The molecule has 6 nitrogen and oxygen atoms in total. The van der Waals surface area contributed by atoms with Gasteiger partial charge in [-0.1, -0.05) is 39.0 Å². The second-order valence-corrected chi connectivity index (χ2v) is 18.4. The summed E-state index contributed by atoms with van der Waals surface area (Å²) < 4.78 is 12.5. The molecule has 0 bridgehead atoms. The third-order valence-corrected chi connectivity index (χ3v) is 14.3. The monoisotopic (exact) mass is 558 g/mol. The lowest BCUT2D eigenvalue weighted by atomic mass is 9.88. The van der Waals surface area contributed by atoms with Crippen molar-refractivity contribution in [2.45, 2.75) is 88.9 Å². The first kappa shape index (κ1) is 27.5. The number of methoxy groups -OCH3 is 1. The standard InChI is InChI=1S/C33H46N4O2Si/c1-33(2,3)40(5,6)39-26-17-20-37(22-26)25-13-14-29-28(21-25)32(35-31(34-29)24-11-12-24)36-18-15-23(16-19-36)27-9-7-8-10-30(27)38-4/h7-10,13-14,21,23-24,26H,11-12,15-20,22H2,1-6H3. The number of benzene rings is 2. The van der Waals surface area contributed by atoms with Crippen LogP contribution in [0.1, 0.15) is 76.1 Å². The number of anilines is 2. The zero-order valence-electron chi connectivity index (χ0n) is 25.2. The summed E-state index contributed by atoms with van der Waals surface area (Å²) in [5.74, 6) is 4.21. The molecule has 0 amide bonds. The van der Waals surface area contributed by atoms with Crippen LogP contribution in [0.2, 0.25) is 18.1 Å². The van der Waals surface area contributed by atoms with Gasteiger partial charge in [-0.2, -0.15) is 0 Å². The smallest absolute Gasteiger partial charge is 0.192 e. The number of nitrogens with zero attached hydrogens (tertiary/aromatic N) is 4. The number of ether oxygens (including phenoxy) is 1. The summed E-state index contributed by atoms with van der Waals surface area (Å²) in [5.41, 5.74) is 3.68. The van der Waals surface area contributed by atoms with Crippen molar-refractivity contribution in [3.8, 4) is 5.75 Å². The van der Waals surface area contributed by atoms with Crippen molar-refractivity contribution >= 4 is 30.7 Å². The number of aromatic nitrogens is 2. The SMILES string of the molecule is COc1ccccc1C1CCN(c2nc(C3CC3)nc3ccc(N4CCC(O[Si](C)(C)C(C)(C)C)C4)cc23)CC1. The van der Waals surface area contributed by atoms with Crippen LogP contribution in [-0.2, 0) is 4.43 Å². The highest BCUT2D eigenvalue weighted by Crippen LogP contribution is 2.42. The van der Waals surface area contributed by atoms with Crippen molar-refractivity contribution in [1.29, 1.82) is 0 Å². The van der Waals surface area contributed by atoms with E-state index in [0.29, 0.717) is 17.9 Å². The Balaban J connectivity index is 1.24. The van der Waals surface area contributed by atoms with Crippen molar-refractivity contribution in [1.82, 2.24) is 9.97 Å². The van der Waals surface area contributed by atoms with Crippen molar-refractivity contribution in [2.24, 2.45) is 0 Å². The summed E-state index contributed by atoms with van der Waals surface area (Å²) >= 11 is 0. The second kappa shape index (κ2) is 10.6. The zero-order chi connectivity index (χ0) is 28.1. The molecule has 40 heavy (non-hydrogen) atoms. The molecule has 2 aromatic carbocycles. The maximum Gasteiger partial charge on any atom is 0.192 e. The maximum absolute atomic E-state index is 6.79. The van der Waals surface area contributed by atoms with E-state index in [4.69, 9.17) is 19.1 Å². The number of hydrogen-bond acceptors (Lipinski definition) is 6. The first-order valence-corrected chi connectivity index (χ1v) is 18.2. The first-order valence-electron chi connectivity index (χ1n) is 15.3. The van der Waals surface area contributed by atoms with Crippen LogP contribution < -0.4 is 14.5 Å². The van der Waals surface area contributed by atoms with Crippen molar-refractivity contribution in [3.05, 3.63) is 53.9 Å². The van der Waals surface area contributed by atoms with E-state index in [-0.39, 0.29) is 5.04 Å². The number of fused-ring (bicyclic) bond motifs is 1. The summed E-state index contributed by atoms with van der Waals surface area (Å²) in [6.07, 6.45) is 6.01. The molecule has 3 aromatic rings. The van der Waals surface area contributed by atoms with Crippen molar-refractivity contribution in [2.75, 3.05) is 43.1 Å². The Labute approximate surface area is 241 Å². The molecule has 2 saturated heterocycles. The first-order chi connectivity index (χ1) is 19.1. The van der Waals surface area contributed by atoms with E-state index >= 15 is 0 Å². The Hall–Kier alpha value is -2.64. The average molecular weight is 559 g/mol. The van der Waals surface area contributed by atoms with Crippen molar-refractivity contribution in [3.63, 3.8) is 0 Å². The van der Waals surface area contributed by atoms with Crippen LogP contribution in [-0.4, -0.2) is 57.7 Å². The summed E-state index contributed by atoms with van der Waals surface area (Å²) in [7, 11) is -0.00669. The highest BCUT2D eigenvalue weighted by Gasteiger charge is 2.40. The molecule has 1 atom stereocenters. The predicted octanol–water partition coefficient (Wildman–Crippen LogP) is 7.50. The molecule has 6 rings (SSSR count). The van der Waals surface area contributed by atoms with Gasteiger partial charge in [0.15, 0.2) is 8.32 Å².